The van der Waals surface area contributed by atoms with Gasteiger partial charge in [0.2, 0.25) is 11.7 Å². The topological polar surface area (TPSA) is 29.1 Å². The second kappa shape index (κ2) is 10.3. The van der Waals surface area contributed by atoms with E-state index in [4.69, 9.17) is 0 Å². The van der Waals surface area contributed by atoms with Crippen molar-refractivity contribution in [3.63, 3.8) is 0 Å². The third-order valence-electron chi connectivity index (χ3n) is 3.73. The molecule has 1 aromatic carbocycles. The first-order valence-corrected chi connectivity index (χ1v) is 8.21. The van der Waals surface area contributed by atoms with Gasteiger partial charge in [0, 0.05) is 6.42 Å². The first-order valence-electron chi connectivity index (χ1n) is 8.21. The summed E-state index contributed by atoms with van der Waals surface area (Å²) in [6, 6.07) is 0. The van der Waals surface area contributed by atoms with E-state index in [1.807, 2.05) is 0 Å². The van der Waals surface area contributed by atoms with Gasteiger partial charge in [-0.2, -0.15) is 0 Å². The molecular weight excluding hydrogens is 329 g/mol. The third-order valence-corrected chi connectivity index (χ3v) is 3.73. The number of carbonyl (C=O) groups excluding carboxylic acids is 1. The standard InChI is InChI=1S/C17H22F5NO/c1-2-3-4-5-6-7-8-9-10-11(24)23-17-15(21)13(19)12(18)14(20)16(17)22/h2-10H2,1H3,(H,23,24). The maximum atomic E-state index is 13.4. The van der Waals surface area contributed by atoms with E-state index in [0.717, 1.165) is 32.1 Å². The first kappa shape index (κ1) is 20.4. The van der Waals surface area contributed by atoms with Crippen LogP contribution in [0.4, 0.5) is 27.6 Å². The fourth-order valence-electron chi connectivity index (χ4n) is 2.34. The lowest BCUT2D eigenvalue weighted by Gasteiger charge is -2.09. The molecule has 0 spiro atoms. The van der Waals surface area contributed by atoms with Crippen molar-refractivity contribution in [2.75, 3.05) is 5.32 Å². The number of hydrogen-bond donors (Lipinski definition) is 1. The van der Waals surface area contributed by atoms with Gasteiger partial charge in [-0.3, -0.25) is 4.79 Å². The molecule has 0 bridgehead atoms. The number of hydrogen-bond acceptors (Lipinski definition) is 1. The monoisotopic (exact) mass is 351 g/mol. The maximum Gasteiger partial charge on any atom is 0.224 e. The number of carbonyl (C=O) groups is 1. The summed E-state index contributed by atoms with van der Waals surface area (Å²) >= 11 is 0. The van der Waals surface area contributed by atoms with E-state index in [1.165, 1.54) is 12.8 Å². The van der Waals surface area contributed by atoms with Crippen LogP contribution < -0.4 is 5.32 Å². The number of benzene rings is 1. The van der Waals surface area contributed by atoms with Crippen LogP contribution in [0.5, 0.6) is 0 Å². The van der Waals surface area contributed by atoms with E-state index in [2.05, 4.69) is 6.92 Å². The van der Waals surface area contributed by atoms with Crippen LogP contribution in [0.2, 0.25) is 0 Å². The molecule has 1 rings (SSSR count). The summed E-state index contributed by atoms with van der Waals surface area (Å²) in [6.07, 6.45) is 7.91. The quantitative estimate of drug-likeness (QED) is 0.244. The lowest BCUT2D eigenvalue weighted by molar-refractivity contribution is -0.116. The molecule has 0 heterocycles. The molecule has 136 valence electrons. The van der Waals surface area contributed by atoms with Gasteiger partial charge in [0.05, 0.1) is 0 Å². The van der Waals surface area contributed by atoms with E-state index >= 15 is 0 Å². The van der Waals surface area contributed by atoms with Crippen LogP contribution in [-0.4, -0.2) is 5.91 Å². The smallest absolute Gasteiger partial charge is 0.224 e. The van der Waals surface area contributed by atoms with Crippen LogP contribution in [0.15, 0.2) is 0 Å². The van der Waals surface area contributed by atoms with Gasteiger partial charge < -0.3 is 5.32 Å². The minimum Gasteiger partial charge on any atom is -0.321 e. The van der Waals surface area contributed by atoms with E-state index in [1.54, 1.807) is 5.32 Å². The van der Waals surface area contributed by atoms with Crippen molar-refractivity contribution in [1.82, 2.24) is 0 Å². The highest BCUT2D eigenvalue weighted by Gasteiger charge is 2.26. The molecule has 1 aromatic rings. The summed E-state index contributed by atoms with van der Waals surface area (Å²) in [7, 11) is 0. The van der Waals surface area contributed by atoms with Gasteiger partial charge >= 0.3 is 0 Å². The molecule has 0 unspecified atom stereocenters. The number of halogens is 5. The lowest BCUT2D eigenvalue weighted by atomic mass is 10.1. The fourth-order valence-corrected chi connectivity index (χ4v) is 2.34. The second-order valence-electron chi connectivity index (χ2n) is 5.72. The Kier molecular flexibility index (Phi) is 8.71. The minimum atomic E-state index is -2.24. The molecule has 0 aromatic heterocycles. The Balaban J connectivity index is 2.41. The molecule has 0 aliphatic rings. The summed E-state index contributed by atoms with van der Waals surface area (Å²) in [5.41, 5.74) is -1.30. The van der Waals surface area contributed by atoms with Crippen molar-refractivity contribution in [2.24, 2.45) is 0 Å². The zero-order chi connectivity index (χ0) is 18.1. The largest absolute Gasteiger partial charge is 0.321 e. The highest BCUT2D eigenvalue weighted by Crippen LogP contribution is 2.27. The van der Waals surface area contributed by atoms with Crippen LogP contribution >= 0.6 is 0 Å². The van der Waals surface area contributed by atoms with Gasteiger partial charge in [-0.25, -0.2) is 22.0 Å². The summed E-state index contributed by atoms with van der Waals surface area (Å²) in [6.45, 7) is 2.13. The average molecular weight is 351 g/mol. The van der Waals surface area contributed by atoms with Crippen molar-refractivity contribution < 1.29 is 26.7 Å². The fraction of sp³-hybridized carbons (Fsp3) is 0.588. The predicted octanol–water partition coefficient (Wildman–Crippen LogP) is 5.85. The van der Waals surface area contributed by atoms with Gasteiger partial charge in [0.25, 0.3) is 0 Å². The Morgan fingerprint density at radius 2 is 1.12 bits per heavy atom. The third kappa shape index (κ3) is 5.76. The van der Waals surface area contributed by atoms with Crippen LogP contribution in [-0.2, 0) is 4.79 Å². The summed E-state index contributed by atoms with van der Waals surface area (Å²) < 4.78 is 65.8. The molecule has 2 nitrogen and oxygen atoms in total. The Bertz CT molecular complexity index is 533. The zero-order valence-corrected chi connectivity index (χ0v) is 13.7. The van der Waals surface area contributed by atoms with E-state index in [-0.39, 0.29) is 6.42 Å². The molecular formula is C17H22F5NO. The molecule has 0 saturated carbocycles. The van der Waals surface area contributed by atoms with E-state index < -0.39 is 40.7 Å². The maximum absolute atomic E-state index is 13.4. The average Bonchev–Trinajstić information content (AvgIpc) is 2.57. The SMILES string of the molecule is CCCCCCCCCCC(=O)Nc1c(F)c(F)c(F)c(F)c1F. The number of amides is 1. The summed E-state index contributed by atoms with van der Waals surface area (Å²) in [5, 5.41) is 1.77. The number of nitrogens with one attached hydrogen (secondary N) is 1. The van der Waals surface area contributed by atoms with Crippen LogP contribution in [0.25, 0.3) is 0 Å². The minimum absolute atomic E-state index is 0.0333. The highest BCUT2D eigenvalue weighted by molar-refractivity contribution is 5.90. The predicted molar refractivity (Wildman–Crippen MR) is 82.1 cm³/mol. The lowest BCUT2D eigenvalue weighted by Crippen LogP contribution is -2.16. The van der Waals surface area contributed by atoms with Crippen molar-refractivity contribution in [2.45, 2.75) is 64.7 Å². The Morgan fingerprint density at radius 3 is 1.62 bits per heavy atom. The molecule has 0 radical (unpaired) electrons. The number of anilines is 1. The summed E-state index contributed by atoms with van der Waals surface area (Å²) in [4.78, 5) is 11.6. The molecule has 0 fully saturated rings. The number of rotatable bonds is 10. The van der Waals surface area contributed by atoms with E-state index in [9.17, 15) is 26.7 Å². The van der Waals surface area contributed by atoms with Gasteiger partial charge in [0.15, 0.2) is 23.3 Å². The molecule has 24 heavy (non-hydrogen) atoms. The van der Waals surface area contributed by atoms with Crippen LogP contribution in [0.1, 0.15) is 64.7 Å². The van der Waals surface area contributed by atoms with Crippen LogP contribution in [0.3, 0.4) is 0 Å². The molecule has 0 aliphatic carbocycles. The van der Waals surface area contributed by atoms with Crippen molar-refractivity contribution in [3.8, 4) is 0 Å². The molecule has 0 atom stereocenters. The Morgan fingerprint density at radius 1 is 0.708 bits per heavy atom. The van der Waals surface area contributed by atoms with Crippen molar-refractivity contribution in [1.29, 1.82) is 0 Å². The molecule has 7 heteroatoms. The highest BCUT2D eigenvalue weighted by atomic mass is 19.2. The van der Waals surface area contributed by atoms with Crippen molar-refractivity contribution >= 4 is 11.6 Å². The Labute approximate surface area is 138 Å². The zero-order valence-electron chi connectivity index (χ0n) is 13.7. The molecule has 1 N–H and O–H groups in total. The first-order chi connectivity index (χ1) is 11.4. The Hall–Kier alpha value is -1.66. The van der Waals surface area contributed by atoms with Crippen molar-refractivity contribution in [3.05, 3.63) is 29.1 Å². The molecule has 0 aliphatic heterocycles. The van der Waals surface area contributed by atoms with Gasteiger partial charge in [-0.05, 0) is 6.42 Å². The molecule has 1 amide bonds. The van der Waals surface area contributed by atoms with Gasteiger partial charge in [0.1, 0.15) is 5.69 Å². The summed E-state index contributed by atoms with van der Waals surface area (Å²) in [5.74, 6) is -11.2. The second-order valence-corrected chi connectivity index (χ2v) is 5.72. The number of unbranched alkanes of at least 4 members (excludes halogenated alkanes) is 7. The normalized spacial score (nSPS) is 10.9. The van der Waals surface area contributed by atoms with Gasteiger partial charge in [-0.1, -0.05) is 51.9 Å². The molecule has 0 saturated heterocycles. The van der Waals surface area contributed by atoms with E-state index in [0.29, 0.717) is 6.42 Å². The van der Waals surface area contributed by atoms with Crippen LogP contribution in [0, 0.1) is 29.1 Å². The van der Waals surface area contributed by atoms with Gasteiger partial charge in [-0.15, -0.1) is 0 Å².